The maximum atomic E-state index is 12.4. The van der Waals surface area contributed by atoms with Crippen LogP contribution in [0.5, 0.6) is 0 Å². The molecule has 0 bridgehead atoms. The molecule has 1 unspecified atom stereocenters. The van der Waals surface area contributed by atoms with E-state index in [0.29, 0.717) is 6.54 Å². The van der Waals surface area contributed by atoms with E-state index in [1.807, 2.05) is 31.3 Å². The molecule has 1 aromatic carbocycles. The van der Waals surface area contributed by atoms with Crippen molar-refractivity contribution in [2.45, 2.75) is 18.9 Å². The average molecular weight is 226 g/mol. The van der Waals surface area contributed by atoms with Gasteiger partial charge in [-0.15, -0.1) is 0 Å². The van der Waals surface area contributed by atoms with Gasteiger partial charge in [-0.3, -0.25) is 0 Å². The number of nitrogens with one attached hydrogen (secondary N) is 1. The molecule has 0 fully saturated rings. The van der Waals surface area contributed by atoms with Crippen molar-refractivity contribution in [3.63, 3.8) is 0 Å². The van der Waals surface area contributed by atoms with E-state index < -0.39 is 6.43 Å². The van der Waals surface area contributed by atoms with Crippen molar-refractivity contribution >= 4 is 5.69 Å². The van der Waals surface area contributed by atoms with Gasteiger partial charge in [0.05, 0.1) is 6.54 Å². The molecule has 0 saturated carbocycles. The van der Waals surface area contributed by atoms with Crippen LogP contribution < -0.4 is 10.2 Å². The van der Waals surface area contributed by atoms with Crippen LogP contribution in [-0.4, -0.2) is 26.6 Å². The van der Waals surface area contributed by atoms with Crippen LogP contribution in [0.25, 0.3) is 0 Å². The molecule has 0 amide bonds. The van der Waals surface area contributed by atoms with Crippen LogP contribution in [0.1, 0.15) is 18.0 Å². The molecule has 1 aliphatic heterocycles. The number of halogens is 2. The van der Waals surface area contributed by atoms with E-state index in [9.17, 15) is 8.78 Å². The lowest BCUT2D eigenvalue weighted by Gasteiger charge is -2.35. The highest BCUT2D eigenvalue weighted by Gasteiger charge is 2.24. The normalized spacial score (nSPS) is 20.0. The van der Waals surface area contributed by atoms with Gasteiger partial charge in [-0.2, -0.15) is 0 Å². The van der Waals surface area contributed by atoms with Gasteiger partial charge >= 0.3 is 0 Å². The second-order valence-corrected chi connectivity index (χ2v) is 4.03. The molecule has 2 nitrogen and oxygen atoms in total. The number of rotatable bonds is 3. The number of nitrogens with zero attached hydrogens (tertiary/aromatic N) is 1. The molecule has 0 radical (unpaired) electrons. The smallest absolute Gasteiger partial charge is 0.255 e. The van der Waals surface area contributed by atoms with E-state index in [1.54, 1.807) is 4.90 Å². The van der Waals surface area contributed by atoms with Gasteiger partial charge in [0.2, 0.25) is 0 Å². The third-order valence-corrected chi connectivity index (χ3v) is 3.05. The molecule has 0 aliphatic carbocycles. The monoisotopic (exact) mass is 226 g/mol. The number of hydrogen-bond acceptors (Lipinski definition) is 2. The van der Waals surface area contributed by atoms with Gasteiger partial charge in [0.15, 0.2) is 0 Å². The number of para-hydroxylation sites is 1. The van der Waals surface area contributed by atoms with Gasteiger partial charge < -0.3 is 10.2 Å². The zero-order valence-corrected chi connectivity index (χ0v) is 9.29. The van der Waals surface area contributed by atoms with E-state index in [4.69, 9.17) is 0 Å². The van der Waals surface area contributed by atoms with Gasteiger partial charge in [0, 0.05) is 18.3 Å². The average Bonchev–Trinajstić information content (AvgIpc) is 2.29. The van der Waals surface area contributed by atoms with E-state index in [1.165, 1.54) is 0 Å². The lowest BCUT2D eigenvalue weighted by atomic mass is 9.96. The standard InChI is InChI=1S/C12H16F2N2/c1-15-10-6-7-16(8-12(13)14)11-5-3-2-4-9(10)11/h2-5,10,12,15H,6-8H2,1H3. The van der Waals surface area contributed by atoms with Crippen LogP contribution in [-0.2, 0) is 0 Å². The van der Waals surface area contributed by atoms with Gasteiger partial charge in [-0.05, 0) is 25.1 Å². The Bertz CT molecular complexity index is 355. The van der Waals surface area contributed by atoms with Crippen molar-refractivity contribution in [1.29, 1.82) is 0 Å². The Morgan fingerprint density at radius 2 is 2.19 bits per heavy atom. The molecule has 0 saturated heterocycles. The summed E-state index contributed by atoms with van der Waals surface area (Å²) < 4.78 is 24.9. The second-order valence-electron chi connectivity index (χ2n) is 4.03. The maximum absolute atomic E-state index is 12.4. The van der Waals surface area contributed by atoms with E-state index in [-0.39, 0.29) is 12.6 Å². The quantitative estimate of drug-likeness (QED) is 0.851. The molecule has 16 heavy (non-hydrogen) atoms. The van der Waals surface area contributed by atoms with Crippen LogP contribution in [0.15, 0.2) is 24.3 Å². The lowest BCUT2D eigenvalue weighted by molar-refractivity contribution is 0.154. The first-order chi connectivity index (χ1) is 7.72. The molecule has 1 N–H and O–H groups in total. The van der Waals surface area contributed by atoms with Gasteiger partial charge in [0.25, 0.3) is 6.43 Å². The maximum Gasteiger partial charge on any atom is 0.255 e. The molecule has 4 heteroatoms. The summed E-state index contributed by atoms with van der Waals surface area (Å²) in [5.74, 6) is 0. The minimum Gasteiger partial charge on any atom is -0.365 e. The fourth-order valence-electron chi connectivity index (χ4n) is 2.29. The van der Waals surface area contributed by atoms with E-state index >= 15 is 0 Å². The number of benzene rings is 1. The Labute approximate surface area is 94.3 Å². The number of anilines is 1. The van der Waals surface area contributed by atoms with Crippen LogP contribution in [0.2, 0.25) is 0 Å². The summed E-state index contributed by atoms with van der Waals surface area (Å²) >= 11 is 0. The fourth-order valence-corrected chi connectivity index (χ4v) is 2.29. The largest absolute Gasteiger partial charge is 0.365 e. The summed E-state index contributed by atoms with van der Waals surface area (Å²) in [6.45, 7) is 0.514. The highest BCUT2D eigenvalue weighted by molar-refractivity contribution is 5.57. The fraction of sp³-hybridized carbons (Fsp3) is 0.500. The summed E-state index contributed by atoms with van der Waals surface area (Å²) in [6.07, 6.45) is -1.40. The van der Waals surface area contributed by atoms with Crippen LogP contribution in [0.4, 0.5) is 14.5 Å². The van der Waals surface area contributed by atoms with Crippen LogP contribution in [0, 0.1) is 0 Å². The summed E-state index contributed by atoms with van der Waals surface area (Å²) in [4.78, 5) is 1.77. The number of hydrogen-bond donors (Lipinski definition) is 1. The van der Waals surface area contributed by atoms with E-state index in [2.05, 4.69) is 5.32 Å². The first-order valence-corrected chi connectivity index (χ1v) is 5.51. The Morgan fingerprint density at radius 1 is 1.44 bits per heavy atom. The van der Waals surface area contributed by atoms with Gasteiger partial charge in [-0.25, -0.2) is 8.78 Å². The highest BCUT2D eigenvalue weighted by Crippen LogP contribution is 2.33. The molecule has 1 heterocycles. The van der Waals surface area contributed by atoms with Gasteiger partial charge in [0.1, 0.15) is 0 Å². The third-order valence-electron chi connectivity index (χ3n) is 3.05. The summed E-state index contributed by atoms with van der Waals surface area (Å²) in [5.41, 5.74) is 2.06. The SMILES string of the molecule is CNC1CCN(CC(F)F)c2ccccc21. The molecule has 2 rings (SSSR count). The molecule has 1 aromatic rings. The minimum absolute atomic E-state index is 0.173. The first-order valence-electron chi connectivity index (χ1n) is 5.51. The predicted molar refractivity (Wildman–Crippen MR) is 61.1 cm³/mol. The minimum atomic E-state index is -2.28. The summed E-state index contributed by atoms with van der Waals surface area (Å²) in [7, 11) is 1.91. The van der Waals surface area contributed by atoms with Crippen molar-refractivity contribution in [3.05, 3.63) is 29.8 Å². The second kappa shape index (κ2) is 4.78. The number of alkyl halides is 2. The molecule has 88 valence electrons. The Hall–Kier alpha value is -1.16. The van der Waals surface area contributed by atoms with Crippen LogP contribution in [0.3, 0.4) is 0 Å². The van der Waals surface area contributed by atoms with Crippen molar-refractivity contribution < 1.29 is 8.78 Å². The topological polar surface area (TPSA) is 15.3 Å². The Morgan fingerprint density at radius 3 is 2.88 bits per heavy atom. The molecule has 1 aliphatic rings. The van der Waals surface area contributed by atoms with Gasteiger partial charge in [-0.1, -0.05) is 18.2 Å². The number of fused-ring (bicyclic) bond motifs is 1. The molecular formula is C12H16F2N2. The Kier molecular flexibility index (Phi) is 3.39. The Balaban J connectivity index is 2.27. The van der Waals surface area contributed by atoms with Crippen molar-refractivity contribution in [2.24, 2.45) is 0 Å². The lowest BCUT2D eigenvalue weighted by Crippen LogP contribution is -2.37. The van der Waals surface area contributed by atoms with E-state index in [0.717, 1.165) is 17.7 Å². The molecular weight excluding hydrogens is 210 g/mol. The van der Waals surface area contributed by atoms with Crippen LogP contribution >= 0.6 is 0 Å². The predicted octanol–water partition coefficient (Wildman–Crippen LogP) is 2.42. The van der Waals surface area contributed by atoms with Crippen molar-refractivity contribution in [1.82, 2.24) is 5.32 Å². The third kappa shape index (κ3) is 2.16. The first kappa shape index (κ1) is 11.3. The van der Waals surface area contributed by atoms with Crippen molar-refractivity contribution in [2.75, 3.05) is 25.0 Å². The van der Waals surface area contributed by atoms with Crippen molar-refractivity contribution in [3.8, 4) is 0 Å². The zero-order chi connectivity index (χ0) is 11.5. The molecule has 0 aromatic heterocycles. The molecule has 0 spiro atoms. The summed E-state index contributed by atoms with van der Waals surface area (Å²) in [6, 6.07) is 8.06. The molecule has 1 atom stereocenters. The zero-order valence-electron chi connectivity index (χ0n) is 9.29. The summed E-state index contributed by atoms with van der Waals surface area (Å²) in [5, 5.41) is 3.22. The highest BCUT2D eigenvalue weighted by atomic mass is 19.3.